The zero-order valence-electron chi connectivity index (χ0n) is 15.0. The molecule has 0 saturated carbocycles. The first-order valence-corrected chi connectivity index (χ1v) is 10.4. The maximum absolute atomic E-state index is 12.6. The highest BCUT2D eigenvalue weighted by Gasteiger charge is 2.22. The number of anilines is 1. The molecule has 1 amide bonds. The summed E-state index contributed by atoms with van der Waals surface area (Å²) in [6, 6.07) is 14.3. The van der Waals surface area contributed by atoms with Crippen molar-refractivity contribution in [2.45, 2.75) is 31.2 Å². The van der Waals surface area contributed by atoms with Crippen LogP contribution in [0.5, 0.6) is 0 Å². The standard InChI is InChI=1S/C20H21N3O3S/c1-14-11-16-12-15(4-9-19(16)22-14)13-21-27(25,26)18-7-5-17(6-8-18)23-10-2-3-20(23)24/h4-9,11-12,21-22H,2-3,10,13H2,1H3. The van der Waals surface area contributed by atoms with Gasteiger partial charge in [0, 0.05) is 36.4 Å². The predicted octanol–water partition coefficient (Wildman–Crippen LogP) is 3.08. The van der Waals surface area contributed by atoms with Crippen LogP contribution in [0.3, 0.4) is 0 Å². The quantitative estimate of drug-likeness (QED) is 0.710. The van der Waals surface area contributed by atoms with Crippen LogP contribution in [0.25, 0.3) is 10.9 Å². The van der Waals surface area contributed by atoms with E-state index in [0.717, 1.165) is 34.3 Å². The number of hydrogen-bond donors (Lipinski definition) is 2. The van der Waals surface area contributed by atoms with Crippen molar-refractivity contribution in [1.82, 2.24) is 9.71 Å². The Labute approximate surface area is 158 Å². The van der Waals surface area contributed by atoms with Gasteiger partial charge in [0.1, 0.15) is 0 Å². The third-order valence-electron chi connectivity index (χ3n) is 4.82. The van der Waals surface area contributed by atoms with E-state index in [4.69, 9.17) is 0 Å². The summed E-state index contributed by atoms with van der Waals surface area (Å²) in [6.07, 6.45) is 1.39. The first-order chi connectivity index (χ1) is 12.9. The van der Waals surface area contributed by atoms with Crippen molar-refractivity contribution in [1.29, 1.82) is 0 Å². The first kappa shape index (κ1) is 17.8. The van der Waals surface area contributed by atoms with Gasteiger partial charge >= 0.3 is 0 Å². The fourth-order valence-corrected chi connectivity index (χ4v) is 4.44. The minimum absolute atomic E-state index is 0.0825. The number of amides is 1. The molecule has 140 valence electrons. The van der Waals surface area contributed by atoms with Crippen LogP contribution < -0.4 is 9.62 Å². The monoisotopic (exact) mass is 383 g/mol. The fourth-order valence-electron chi connectivity index (χ4n) is 3.43. The molecule has 0 unspecified atom stereocenters. The van der Waals surface area contributed by atoms with Crippen LogP contribution in [0.15, 0.2) is 53.4 Å². The van der Waals surface area contributed by atoms with Crippen molar-refractivity contribution in [2.75, 3.05) is 11.4 Å². The molecule has 1 aliphatic rings. The largest absolute Gasteiger partial charge is 0.359 e. The van der Waals surface area contributed by atoms with Crippen LogP contribution in [0.4, 0.5) is 5.69 Å². The Hall–Kier alpha value is -2.64. The van der Waals surface area contributed by atoms with Crippen LogP contribution in [-0.2, 0) is 21.4 Å². The Morgan fingerprint density at radius 2 is 1.89 bits per heavy atom. The number of benzene rings is 2. The maximum atomic E-state index is 12.6. The number of rotatable bonds is 5. The summed E-state index contributed by atoms with van der Waals surface area (Å²) in [5, 5.41) is 1.06. The highest BCUT2D eigenvalue weighted by molar-refractivity contribution is 7.89. The van der Waals surface area contributed by atoms with Crippen LogP contribution in [-0.4, -0.2) is 25.9 Å². The zero-order valence-corrected chi connectivity index (χ0v) is 15.8. The summed E-state index contributed by atoms with van der Waals surface area (Å²) >= 11 is 0. The Morgan fingerprint density at radius 3 is 2.59 bits per heavy atom. The molecule has 7 heteroatoms. The third kappa shape index (κ3) is 3.61. The van der Waals surface area contributed by atoms with E-state index in [2.05, 4.69) is 9.71 Å². The lowest BCUT2D eigenvalue weighted by molar-refractivity contribution is -0.117. The molecule has 27 heavy (non-hydrogen) atoms. The number of carbonyl (C=O) groups excluding carboxylic acids is 1. The van der Waals surface area contributed by atoms with Crippen LogP contribution in [0, 0.1) is 6.92 Å². The van der Waals surface area contributed by atoms with Gasteiger partial charge < -0.3 is 9.88 Å². The predicted molar refractivity (Wildman–Crippen MR) is 105 cm³/mol. The van der Waals surface area contributed by atoms with E-state index in [1.54, 1.807) is 29.2 Å². The molecule has 0 radical (unpaired) electrons. The molecule has 2 heterocycles. The van der Waals surface area contributed by atoms with Crippen molar-refractivity contribution in [3.05, 3.63) is 59.8 Å². The van der Waals surface area contributed by atoms with Crippen molar-refractivity contribution in [2.24, 2.45) is 0 Å². The minimum Gasteiger partial charge on any atom is -0.359 e. The van der Waals surface area contributed by atoms with Gasteiger partial charge in [-0.15, -0.1) is 0 Å². The van der Waals surface area contributed by atoms with Gasteiger partial charge in [-0.05, 0) is 66.8 Å². The second-order valence-corrected chi connectivity index (χ2v) is 8.61. The molecule has 1 fully saturated rings. The van der Waals surface area contributed by atoms with Gasteiger partial charge in [-0.25, -0.2) is 13.1 Å². The summed E-state index contributed by atoms with van der Waals surface area (Å²) in [6.45, 7) is 2.89. The lowest BCUT2D eigenvalue weighted by Gasteiger charge is -2.16. The van der Waals surface area contributed by atoms with E-state index < -0.39 is 10.0 Å². The zero-order chi connectivity index (χ0) is 19.0. The molecule has 1 saturated heterocycles. The number of H-pyrrole nitrogens is 1. The molecule has 6 nitrogen and oxygen atoms in total. The molecule has 0 spiro atoms. The van der Waals surface area contributed by atoms with Crippen LogP contribution in [0.1, 0.15) is 24.1 Å². The Bertz CT molecular complexity index is 1100. The second kappa shape index (κ2) is 6.83. The minimum atomic E-state index is -3.62. The van der Waals surface area contributed by atoms with Crippen LogP contribution in [0.2, 0.25) is 0 Å². The van der Waals surface area contributed by atoms with E-state index in [9.17, 15) is 13.2 Å². The lowest BCUT2D eigenvalue weighted by atomic mass is 10.1. The summed E-state index contributed by atoms with van der Waals surface area (Å²) < 4.78 is 27.8. The molecule has 4 rings (SSSR count). The maximum Gasteiger partial charge on any atom is 0.240 e. The molecule has 0 atom stereocenters. The average molecular weight is 383 g/mol. The summed E-state index contributed by atoms with van der Waals surface area (Å²) in [5.41, 5.74) is 3.74. The Kier molecular flexibility index (Phi) is 4.49. The van der Waals surface area contributed by atoms with E-state index >= 15 is 0 Å². The number of fused-ring (bicyclic) bond motifs is 1. The van der Waals surface area contributed by atoms with Crippen molar-refractivity contribution < 1.29 is 13.2 Å². The molecule has 0 bridgehead atoms. The topological polar surface area (TPSA) is 82.3 Å². The molecule has 2 N–H and O–H groups in total. The SMILES string of the molecule is Cc1cc2cc(CNS(=O)(=O)c3ccc(N4CCCC4=O)cc3)ccc2[nH]1. The number of nitrogens with one attached hydrogen (secondary N) is 2. The molecule has 3 aromatic rings. The molecule has 1 aliphatic heterocycles. The van der Waals surface area contributed by atoms with Gasteiger partial charge in [0.25, 0.3) is 0 Å². The van der Waals surface area contributed by atoms with Crippen molar-refractivity contribution in [3.63, 3.8) is 0 Å². The third-order valence-corrected chi connectivity index (χ3v) is 6.24. The van der Waals surface area contributed by atoms with Gasteiger partial charge in [0.15, 0.2) is 0 Å². The first-order valence-electron chi connectivity index (χ1n) is 8.91. The van der Waals surface area contributed by atoms with E-state index in [1.807, 2.05) is 31.2 Å². The Balaban J connectivity index is 1.48. The molecule has 2 aromatic carbocycles. The normalized spacial score (nSPS) is 15.0. The van der Waals surface area contributed by atoms with Crippen molar-refractivity contribution >= 4 is 32.5 Å². The molecule has 1 aromatic heterocycles. The van der Waals surface area contributed by atoms with E-state index in [0.29, 0.717) is 13.0 Å². The van der Waals surface area contributed by atoms with E-state index in [-0.39, 0.29) is 17.3 Å². The van der Waals surface area contributed by atoms with Crippen LogP contribution >= 0.6 is 0 Å². The smallest absolute Gasteiger partial charge is 0.240 e. The lowest BCUT2D eigenvalue weighted by Crippen LogP contribution is -2.25. The number of aromatic nitrogens is 1. The van der Waals surface area contributed by atoms with Crippen molar-refractivity contribution in [3.8, 4) is 0 Å². The second-order valence-electron chi connectivity index (χ2n) is 6.84. The van der Waals surface area contributed by atoms with E-state index in [1.165, 1.54) is 0 Å². The van der Waals surface area contributed by atoms with Gasteiger partial charge in [0.2, 0.25) is 15.9 Å². The summed E-state index contributed by atoms with van der Waals surface area (Å²) in [7, 11) is -3.62. The number of carbonyl (C=O) groups is 1. The van der Waals surface area contributed by atoms with Gasteiger partial charge in [0.05, 0.1) is 4.90 Å². The van der Waals surface area contributed by atoms with Gasteiger partial charge in [-0.3, -0.25) is 4.79 Å². The molecular formula is C20H21N3O3S. The van der Waals surface area contributed by atoms with Gasteiger partial charge in [-0.2, -0.15) is 0 Å². The number of aryl methyl sites for hydroxylation is 1. The van der Waals surface area contributed by atoms with Gasteiger partial charge in [-0.1, -0.05) is 6.07 Å². The number of aromatic amines is 1. The number of hydrogen-bond acceptors (Lipinski definition) is 3. The number of nitrogens with zero attached hydrogens (tertiary/aromatic N) is 1. The highest BCUT2D eigenvalue weighted by atomic mass is 32.2. The molecular weight excluding hydrogens is 362 g/mol. The number of sulfonamides is 1. The average Bonchev–Trinajstić information content (AvgIpc) is 3.24. The molecule has 0 aliphatic carbocycles. The summed E-state index contributed by atoms with van der Waals surface area (Å²) in [4.78, 5) is 16.9. The highest BCUT2D eigenvalue weighted by Crippen LogP contribution is 2.23. The summed E-state index contributed by atoms with van der Waals surface area (Å²) in [5.74, 6) is 0.0825. The Morgan fingerprint density at radius 1 is 1.11 bits per heavy atom. The fraction of sp³-hybridized carbons (Fsp3) is 0.250.